The highest BCUT2D eigenvalue weighted by molar-refractivity contribution is 6.18. The first-order valence-corrected chi connectivity index (χ1v) is 7.52. The summed E-state index contributed by atoms with van der Waals surface area (Å²) >= 11 is 6.04. The van der Waals surface area contributed by atoms with Crippen molar-refractivity contribution in [3.05, 3.63) is 12.7 Å². The van der Waals surface area contributed by atoms with E-state index >= 15 is 0 Å². The number of alkyl halides is 1. The standard InChI is InChI=1S/C15H25ClO/c1-3-14(2,12-16)11-13-7-10-15(17-13)8-5-4-6-9-15/h3,13H,1,4-12H2,2H3. The van der Waals surface area contributed by atoms with Crippen LogP contribution in [0.15, 0.2) is 12.7 Å². The van der Waals surface area contributed by atoms with E-state index in [4.69, 9.17) is 16.3 Å². The maximum atomic E-state index is 6.38. The Hall–Kier alpha value is -0.0100. The molecular weight excluding hydrogens is 232 g/mol. The van der Waals surface area contributed by atoms with Crippen LogP contribution in [0.3, 0.4) is 0 Å². The lowest BCUT2D eigenvalue weighted by atomic mass is 9.82. The lowest BCUT2D eigenvalue weighted by molar-refractivity contribution is -0.0717. The van der Waals surface area contributed by atoms with Gasteiger partial charge in [0.15, 0.2) is 0 Å². The van der Waals surface area contributed by atoms with Crippen LogP contribution in [0.4, 0.5) is 0 Å². The van der Waals surface area contributed by atoms with Gasteiger partial charge >= 0.3 is 0 Å². The molecule has 2 aliphatic rings. The third-order valence-electron chi connectivity index (χ3n) is 4.60. The van der Waals surface area contributed by atoms with Crippen LogP contribution >= 0.6 is 11.6 Å². The Morgan fingerprint density at radius 2 is 2.06 bits per heavy atom. The molecule has 0 aromatic rings. The van der Waals surface area contributed by atoms with Gasteiger partial charge in [0.2, 0.25) is 0 Å². The first-order chi connectivity index (χ1) is 8.11. The van der Waals surface area contributed by atoms with E-state index in [1.54, 1.807) is 0 Å². The van der Waals surface area contributed by atoms with Crippen molar-refractivity contribution in [3.63, 3.8) is 0 Å². The second-order valence-corrected chi connectivity index (χ2v) is 6.49. The molecule has 17 heavy (non-hydrogen) atoms. The zero-order chi connectivity index (χ0) is 12.4. The van der Waals surface area contributed by atoms with E-state index in [9.17, 15) is 0 Å². The van der Waals surface area contributed by atoms with E-state index in [-0.39, 0.29) is 11.0 Å². The lowest BCUT2D eigenvalue weighted by Gasteiger charge is -2.34. The lowest BCUT2D eigenvalue weighted by Crippen LogP contribution is -2.33. The Morgan fingerprint density at radius 3 is 2.65 bits per heavy atom. The molecule has 0 aromatic heterocycles. The maximum absolute atomic E-state index is 6.38. The molecule has 1 saturated heterocycles. The molecule has 1 aliphatic carbocycles. The first-order valence-electron chi connectivity index (χ1n) is 6.99. The van der Waals surface area contributed by atoms with Crippen LogP contribution in [0, 0.1) is 5.41 Å². The van der Waals surface area contributed by atoms with Crippen molar-refractivity contribution in [2.45, 2.75) is 70.0 Å². The molecule has 1 spiro atoms. The summed E-state index contributed by atoms with van der Waals surface area (Å²) in [5.74, 6) is 0.642. The summed E-state index contributed by atoms with van der Waals surface area (Å²) in [5, 5.41) is 0. The van der Waals surface area contributed by atoms with E-state index in [1.165, 1.54) is 44.9 Å². The van der Waals surface area contributed by atoms with E-state index < -0.39 is 0 Å². The molecule has 0 amide bonds. The molecule has 2 fully saturated rings. The van der Waals surface area contributed by atoms with E-state index in [0.717, 1.165) is 6.42 Å². The minimum absolute atomic E-state index is 0.0341. The van der Waals surface area contributed by atoms with Crippen LogP contribution < -0.4 is 0 Å². The third kappa shape index (κ3) is 3.06. The molecular formula is C15H25ClO. The second-order valence-electron chi connectivity index (χ2n) is 6.22. The van der Waals surface area contributed by atoms with Crippen molar-refractivity contribution < 1.29 is 4.74 Å². The SMILES string of the molecule is C=CC(C)(CCl)CC1CCC2(CCCCC2)O1. The molecule has 0 aromatic carbocycles. The summed E-state index contributed by atoms with van der Waals surface area (Å²) in [7, 11) is 0. The molecule has 1 nitrogen and oxygen atoms in total. The monoisotopic (exact) mass is 256 g/mol. The van der Waals surface area contributed by atoms with Crippen molar-refractivity contribution in [1.82, 2.24) is 0 Å². The van der Waals surface area contributed by atoms with Crippen LogP contribution in [0.25, 0.3) is 0 Å². The van der Waals surface area contributed by atoms with Crippen molar-refractivity contribution >= 4 is 11.6 Å². The van der Waals surface area contributed by atoms with Gasteiger partial charge in [-0.1, -0.05) is 32.3 Å². The summed E-state index contributed by atoms with van der Waals surface area (Å²) in [6.07, 6.45) is 12.5. The number of rotatable bonds is 4. The van der Waals surface area contributed by atoms with Crippen LogP contribution in [0.1, 0.15) is 58.3 Å². The number of hydrogen-bond acceptors (Lipinski definition) is 1. The van der Waals surface area contributed by atoms with Gasteiger partial charge in [-0.15, -0.1) is 18.2 Å². The largest absolute Gasteiger partial charge is 0.372 e. The van der Waals surface area contributed by atoms with Crippen molar-refractivity contribution in [3.8, 4) is 0 Å². The smallest absolute Gasteiger partial charge is 0.0687 e. The highest BCUT2D eigenvalue weighted by Crippen LogP contribution is 2.44. The molecule has 0 N–H and O–H groups in total. The number of hydrogen-bond donors (Lipinski definition) is 0. The van der Waals surface area contributed by atoms with Gasteiger partial charge in [0.1, 0.15) is 0 Å². The Morgan fingerprint density at radius 1 is 1.35 bits per heavy atom. The number of ether oxygens (including phenoxy) is 1. The highest BCUT2D eigenvalue weighted by atomic mass is 35.5. The normalized spacial score (nSPS) is 31.3. The predicted molar refractivity (Wildman–Crippen MR) is 73.6 cm³/mol. The van der Waals surface area contributed by atoms with Crippen LogP contribution in [-0.2, 0) is 4.74 Å². The molecule has 0 bridgehead atoms. The quantitative estimate of drug-likeness (QED) is 0.524. The van der Waals surface area contributed by atoms with Gasteiger partial charge in [-0.3, -0.25) is 0 Å². The van der Waals surface area contributed by atoms with Crippen molar-refractivity contribution in [1.29, 1.82) is 0 Å². The van der Waals surface area contributed by atoms with Crippen molar-refractivity contribution in [2.24, 2.45) is 5.41 Å². The van der Waals surface area contributed by atoms with Gasteiger partial charge in [-0.05, 0) is 32.1 Å². The Balaban J connectivity index is 1.91. The zero-order valence-electron chi connectivity index (χ0n) is 11.0. The summed E-state index contributed by atoms with van der Waals surface area (Å²) in [5.41, 5.74) is 0.268. The molecule has 2 unspecified atom stereocenters. The Kier molecular flexibility index (Phi) is 4.20. The second kappa shape index (κ2) is 5.32. The summed E-state index contributed by atoms with van der Waals surface area (Å²) in [6.45, 7) is 6.09. The fraction of sp³-hybridized carbons (Fsp3) is 0.867. The summed E-state index contributed by atoms with van der Waals surface area (Å²) in [4.78, 5) is 0. The molecule has 2 heteroatoms. The van der Waals surface area contributed by atoms with E-state index in [0.29, 0.717) is 12.0 Å². The topological polar surface area (TPSA) is 9.23 Å². The van der Waals surface area contributed by atoms with Crippen molar-refractivity contribution in [2.75, 3.05) is 5.88 Å². The highest BCUT2D eigenvalue weighted by Gasteiger charge is 2.42. The minimum Gasteiger partial charge on any atom is -0.372 e. The van der Waals surface area contributed by atoms with Gasteiger partial charge in [0.25, 0.3) is 0 Å². The van der Waals surface area contributed by atoms with Crippen LogP contribution in [0.2, 0.25) is 0 Å². The average molecular weight is 257 g/mol. The maximum Gasteiger partial charge on any atom is 0.0687 e. The fourth-order valence-corrected chi connectivity index (χ4v) is 3.53. The summed E-state index contributed by atoms with van der Waals surface area (Å²) in [6, 6.07) is 0. The van der Waals surface area contributed by atoms with Gasteiger partial charge in [-0.2, -0.15) is 0 Å². The predicted octanol–water partition coefficient (Wildman–Crippen LogP) is 4.69. The minimum atomic E-state index is 0.0341. The van der Waals surface area contributed by atoms with Gasteiger partial charge in [0, 0.05) is 11.3 Å². The molecule has 1 aliphatic heterocycles. The Labute approximate surface area is 111 Å². The molecule has 1 heterocycles. The molecule has 0 radical (unpaired) electrons. The average Bonchev–Trinajstić information content (AvgIpc) is 2.72. The Bertz CT molecular complexity index is 270. The summed E-state index contributed by atoms with van der Waals surface area (Å²) < 4.78 is 6.38. The zero-order valence-corrected chi connectivity index (χ0v) is 11.8. The molecule has 2 rings (SSSR count). The van der Waals surface area contributed by atoms with E-state index in [1.807, 2.05) is 6.08 Å². The molecule has 1 saturated carbocycles. The van der Waals surface area contributed by atoms with Crippen LogP contribution in [0.5, 0.6) is 0 Å². The van der Waals surface area contributed by atoms with Crippen LogP contribution in [-0.4, -0.2) is 17.6 Å². The fourth-order valence-electron chi connectivity index (χ4n) is 3.32. The molecule has 2 atom stereocenters. The first kappa shape index (κ1) is 13.4. The number of allylic oxidation sites excluding steroid dienone is 1. The van der Waals surface area contributed by atoms with E-state index in [2.05, 4.69) is 13.5 Å². The molecule has 98 valence electrons. The van der Waals surface area contributed by atoms with Gasteiger partial charge in [-0.25, -0.2) is 0 Å². The van der Waals surface area contributed by atoms with Gasteiger partial charge < -0.3 is 4.74 Å². The third-order valence-corrected chi connectivity index (χ3v) is 5.21. The number of halogens is 1. The van der Waals surface area contributed by atoms with Gasteiger partial charge in [0.05, 0.1) is 11.7 Å².